The number of carbonyl (C=O) groups is 2. The molecule has 0 spiro atoms. The molecule has 1 aromatic carbocycles. The highest BCUT2D eigenvalue weighted by atomic mass is 79.9. The minimum absolute atomic E-state index is 0. The molecule has 1 aromatic rings. The number of carbonyl (C=O) groups excluding carboxylic acids is 2. The molecule has 1 aliphatic heterocycles. The van der Waals surface area contributed by atoms with Crippen molar-refractivity contribution in [1.29, 1.82) is 0 Å². The van der Waals surface area contributed by atoms with Crippen molar-refractivity contribution in [3.63, 3.8) is 0 Å². The van der Waals surface area contributed by atoms with Crippen molar-refractivity contribution >= 4 is 40.2 Å². The Labute approximate surface area is 151 Å². The van der Waals surface area contributed by atoms with Crippen molar-refractivity contribution < 1.29 is 9.59 Å². The first-order valence-corrected chi connectivity index (χ1v) is 8.44. The van der Waals surface area contributed by atoms with Crippen molar-refractivity contribution in [2.75, 3.05) is 19.6 Å². The van der Waals surface area contributed by atoms with E-state index < -0.39 is 0 Å². The Kier molecular flexibility index (Phi) is 8.58. The van der Waals surface area contributed by atoms with E-state index in [4.69, 9.17) is 5.73 Å². The van der Waals surface area contributed by atoms with Gasteiger partial charge >= 0.3 is 0 Å². The molecular weight excluding hydrogens is 382 g/mol. The van der Waals surface area contributed by atoms with Gasteiger partial charge in [-0.25, -0.2) is 0 Å². The van der Waals surface area contributed by atoms with Gasteiger partial charge in [-0.2, -0.15) is 0 Å². The molecule has 0 aromatic heterocycles. The number of nitrogens with zero attached hydrogens (tertiary/aromatic N) is 1. The summed E-state index contributed by atoms with van der Waals surface area (Å²) in [5.74, 6) is -0.0828. The normalized spacial score (nSPS) is 17.3. The molecule has 1 fully saturated rings. The fourth-order valence-electron chi connectivity index (χ4n) is 2.70. The monoisotopic (exact) mass is 403 g/mol. The van der Waals surface area contributed by atoms with Crippen molar-refractivity contribution in [2.24, 2.45) is 5.73 Å². The number of piperidine rings is 1. The molecule has 0 saturated carbocycles. The first-order valence-electron chi connectivity index (χ1n) is 7.65. The van der Waals surface area contributed by atoms with E-state index in [1.807, 2.05) is 17.0 Å². The number of hydrogen-bond acceptors (Lipinski definition) is 3. The fraction of sp³-hybridized carbons (Fsp3) is 0.500. The van der Waals surface area contributed by atoms with E-state index in [0.29, 0.717) is 25.1 Å². The summed E-state index contributed by atoms with van der Waals surface area (Å²) in [6.45, 7) is 1.64. The molecule has 0 radical (unpaired) electrons. The number of nitrogens with one attached hydrogen (secondary N) is 1. The SMILES string of the molecule is Cl.NCC1CCCCN1C(=O)CCNC(=O)c1ccc(Br)cc1. The van der Waals surface area contributed by atoms with Gasteiger partial charge < -0.3 is 16.0 Å². The quantitative estimate of drug-likeness (QED) is 0.791. The summed E-state index contributed by atoms with van der Waals surface area (Å²) in [5.41, 5.74) is 6.32. The van der Waals surface area contributed by atoms with Gasteiger partial charge in [0.05, 0.1) is 0 Å². The van der Waals surface area contributed by atoms with Gasteiger partial charge in [-0.05, 0) is 43.5 Å². The lowest BCUT2D eigenvalue weighted by molar-refractivity contribution is -0.134. The van der Waals surface area contributed by atoms with Crippen molar-refractivity contribution in [1.82, 2.24) is 10.2 Å². The molecule has 1 heterocycles. The molecule has 0 aliphatic carbocycles. The second-order valence-electron chi connectivity index (χ2n) is 5.49. The third-order valence-corrected chi connectivity index (χ3v) is 4.48. The summed E-state index contributed by atoms with van der Waals surface area (Å²) in [6.07, 6.45) is 3.46. The second-order valence-corrected chi connectivity index (χ2v) is 6.40. The van der Waals surface area contributed by atoms with Gasteiger partial charge in [-0.3, -0.25) is 9.59 Å². The van der Waals surface area contributed by atoms with E-state index in [1.165, 1.54) is 0 Å². The molecule has 1 unspecified atom stereocenters. The number of amides is 2. The lowest BCUT2D eigenvalue weighted by Crippen LogP contribution is -2.48. The molecule has 1 saturated heterocycles. The van der Waals surface area contributed by atoms with Crippen LogP contribution in [0, 0.1) is 0 Å². The Morgan fingerprint density at radius 1 is 1.26 bits per heavy atom. The Hall–Kier alpha value is -1.11. The van der Waals surface area contributed by atoms with Crippen LogP contribution in [-0.2, 0) is 4.79 Å². The maximum atomic E-state index is 12.2. The molecule has 23 heavy (non-hydrogen) atoms. The maximum Gasteiger partial charge on any atom is 0.251 e. The van der Waals surface area contributed by atoms with E-state index in [0.717, 1.165) is 30.3 Å². The average Bonchev–Trinajstić information content (AvgIpc) is 2.55. The third-order valence-electron chi connectivity index (χ3n) is 3.95. The number of benzene rings is 1. The lowest BCUT2D eigenvalue weighted by atomic mass is 10.0. The highest BCUT2D eigenvalue weighted by Crippen LogP contribution is 2.17. The van der Waals surface area contributed by atoms with Crippen LogP contribution in [0.3, 0.4) is 0 Å². The Morgan fingerprint density at radius 3 is 2.61 bits per heavy atom. The molecule has 2 amide bonds. The van der Waals surface area contributed by atoms with E-state index >= 15 is 0 Å². The molecule has 1 aliphatic rings. The molecule has 0 bridgehead atoms. The molecule has 128 valence electrons. The minimum Gasteiger partial charge on any atom is -0.352 e. The number of rotatable bonds is 5. The molecule has 2 rings (SSSR count). The van der Waals surface area contributed by atoms with Crippen molar-refractivity contribution in [3.05, 3.63) is 34.3 Å². The highest BCUT2D eigenvalue weighted by molar-refractivity contribution is 9.10. The van der Waals surface area contributed by atoms with Crippen LogP contribution < -0.4 is 11.1 Å². The molecule has 3 N–H and O–H groups in total. The van der Waals surface area contributed by atoms with E-state index in [2.05, 4.69) is 21.2 Å². The van der Waals surface area contributed by atoms with Crippen LogP contribution in [0.15, 0.2) is 28.7 Å². The Balaban J connectivity index is 0.00000264. The molecule has 7 heteroatoms. The van der Waals surface area contributed by atoms with Gasteiger partial charge in [0.1, 0.15) is 0 Å². The van der Waals surface area contributed by atoms with Gasteiger partial charge in [0, 0.05) is 42.1 Å². The fourth-order valence-corrected chi connectivity index (χ4v) is 2.97. The van der Waals surface area contributed by atoms with Crippen LogP contribution in [0.25, 0.3) is 0 Å². The Bertz CT molecular complexity index is 525. The molecular formula is C16H23BrClN3O2. The number of halogens is 2. The third kappa shape index (κ3) is 5.79. The summed E-state index contributed by atoms with van der Waals surface area (Å²) < 4.78 is 0.928. The highest BCUT2D eigenvalue weighted by Gasteiger charge is 2.25. The topological polar surface area (TPSA) is 75.4 Å². The number of nitrogens with two attached hydrogens (primary N) is 1. The smallest absolute Gasteiger partial charge is 0.251 e. The second kappa shape index (κ2) is 9.90. The molecule has 5 nitrogen and oxygen atoms in total. The summed E-state index contributed by atoms with van der Waals surface area (Å²) in [7, 11) is 0. The number of likely N-dealkylation sites (tertiary alicyclic amines) is 1. The van der Waals surface area contributed by atoms with Gasteiger partial charge in [0.25, 0.3) is 5.91 Å². The zero-order valence-electron chi connectivity index (χ0n) is 13.0. The van der Waals surface area contributed by atoms with Crippen LogP contribution in [0.5, 0.6) is 0 Å². The van der Waals surface area contributed by atoms with Crippen molar-refractivity contribution in [3.8, 4) is 0 Å². The van der Waals surface area contributed by atoms with E-state index in [1.54, 1.807) is 12.1 Å². The zero-order chi connectivity index (χ0) is 15.9. The first kappa shape index (κ1) is 19.9. The van der Waals surface area contributed by atoms with E-state index in [-0.39, 0.29) is 30.3 Å². The lowest BCUT2D eigenvalue weighted by Gasteiger charge is -2.35. The van der Waals surface area contributed by atoms with Crippen LogP contribution in [-0.4, -0.2) is 42.4 Å². The predicted octanol–water partition coefficient (Wildman–Crippen LogP) is 2.33. The van der Waals surface area contributed by atoms with Crippen LogP contribution >= 0.6 is 28.3 Å². The van der Waals surface area contributed by atoms with E-state index in [9.17, 15) is 9.59 Å². The standard InChI is InChI=1S/C16H22BrN3O2.ClH/c17-13-6-4-12(5-7-13)16(22)19-9-8-15(21)20-10-2-1-3-14(20)11-18;/h4-7,14H,1-3,8-11,18H2,(H,19,22);1H. The minimum atomic E-state index is -0.158. The summed E-state index contributed by atoms with van der Waals surface area (Å²) in [4.78, 5) is 26.1. The average molecular weight is 405 g/mol. The first-order chi connectivity index (χ1) is 10.6. The van der Waals surface area contributed by atoms with Gasteiger partial charge in [0.15, 0.2) is 0 Å². The molecule has 1 atom stereocenters. The van der Waals surface area contributed by atoms with Crippen LogP contribution in [0.4, 0.5) is 0 Å². The summed E-state index contributed by atoms with van der Waals surface area (Å²) in [5, 5.41) is 2.79. The van der Waals surface area contributed by atoms with Gasteiger partial charge in [0.2, 0.25) is 5.91 Å². The van der Waals surface area contributed by atoms with Gasteiger partial charge in [-0.1, -0.05) is 15.9 Å². The maximum absolute atomic E-state index is 12.2. The van der Waals surface area contributed by atoms with Crippen LogP contribution in [0.1, 0.15) is 36.0 Å². The largest absolute Gasteiger partial charge is 0.352 e. The van der Waals surface area contributed by atoms with Gasteiger partial charge in [-0.15, -0.1) is 12.4 Å². The summed E-state index contributed by atoms with van der Waals surface area (Å²) >= 11 is 3.33. The zero-order valence-corrected chi connectivity index (χ0v) is 15.4. The van der Waals surface area contributed by atoms with Crippen LogP contribution in [0.2, 0.25) is 0 Å². The van der Waals surface area contributed by atoms with Crippen molar-refractivity contribution in [2.45, 2.75) is 31.7 Å². The Morgan fingerprint density at radius 2 is 1.96 bits per heavy atom. The summed E-state index contributed by atoms with van der Waals surface area (Å²) in [6, 6.07) is 7.29. The number of hydrogen-bond donors (Lipinski definition) is 2. The predicted molar refractivity (Wildman–Crippen MR) is 96.7 cm³/mol.